The maximum absolute atomic E-state index is 5.67. The molecule has 4 rings (SSSR count). The van der Waals surface area contributed by atoms with Crippen molar-refractivity contribution >= 4 is 5.82 Å². The van der Waals surface area contributed by atoms with Gasteiger partial charge in [-0.05, 0) is 44.4 Å². The Morgan fingerprint density at radius 1 is 1.19 bits per heavy atom. The Labute approximate surface area is 160 Å². The van der Waals surface area contributed by atoms with Gasteiger partial charge in [-0.1, -0.05) is 24.4 Å². The lowest BCUT2D eigenvalue weighted by Crippen LogP contribution is -2.36. The first kappa shape index (κ1) is 18.4. The lowest BCUT2D eigenvalue weighted by atomic mass is 9.94. The molecule has 1 N–H and O–H groups in total. The van der Waals surface area contributed by atoms with Crippen LogP contribution in [0, 0.1) is 0 Å². The number of nitrogens with one attached hydrogen (secondary N) is 1. The summed E-state index contributed by atoms with van der Waals surface area (Å²) in [7, 11) is 1.69. The van der Waals surface area contributed by atoms with Crippen molar-refractivity contribution in [2.45, 2.75) is 57.0 Å². The van der Waals surface area contributed by atoms with Gasteiger partial charge in [-0.15, -0.1) is 0 Å². The van der Waals surface area contributed by atoms with Gasteiger partial charge >= 0.3 is 0 Å². The van der Waals surface area contributed by atoms with Gasteiger partial charge in [0.05, 0.1) is 12.6 Å². The number of hydrogen-bond acceptors (Lipinski definition) is 7. The molecule has 0 amide bonds. The van der Waals surface area contributed by atoms with E-state index in [9.17, 15) is 0 Å². The van der Waals surface area contributed by atoms with Crippen LogP contribution in [0.1, 0.15) is 56.9 Å². The Balaban J connectivity index is 1.43. The summed E-state index contributed by atoms with van der Waals surface area (Å²) in [5.41, 5.74) is 0.879. The second-order valence-electron chi connectivity index (χ2n) is 7.50. The molecule has 2 aliphatic rings. The minimum Gasteiger partial charge on any atom is -0.383 e. The highest BCUT2D eigenvalue weighted by Crippen LogP contribution is 2.37. The molecule has 27 heavy (non-hydrogen) atoms. The van der Waals surface area contributed by atoms with Gasteiger partial charge in [0.2, 0.25) is 11.7 Å². The molecule has 0 unspecified atom stereocenters. The standard InChI is InChI=1S/C20H29N5O2/c1-26-13-11-21-18-10-9-15(14-22-18)19-23-20(27-24-19)17-8-5-12-25(17)16-6-3-2-4-7-16/h9-10,14,16-17H,2-8,11-13H2,1H3,(H,21,22)/t17-/m1/s1. The van der Waals surface area contributed by atoms with Crippen LogP contribution in [0.3, 0.4) is 0 Å². The third-order valence-electron chi connectivity index (χ3n) is 5.70. The van der Waals surface area contributed by atoms with Gasteiger partial charge in [0.15, 0.2) is 0 Å². The van der Waals surface area contributed by atoms with E-state index in [4.69, 9.17) is 14.2 Å². The summed E-state index contributed by atoms with van der Waals surface area (Å²) >= 11 is 0. The second-order valence-corrected chi connectivity index (χ2v) is 7.50. The van der Waals surface area contributed by atoms with Gasteiger partial charge in [0, 0.05) is 31.5 Å². The van der Waals surface area contributed by atoms with Crippen LogP contribution < -0.4 is 5.32 Å². The predicted octanol–water partition coefficient (Wildman–Crippen LogP) is 3.66. The summed E-state index contributed by atoms with van der Waals surface area (Å²) in [6.45, 7) is 2.53. The Morgan fingerprint density at radius 2 is 2.07 bits per heavy atom. The van der Waals surface area contributed by atoms with Crippen molar-refractivity contribution in [3.05, 3.63) is 24.2 Å². The first-order valence-corrected chi connectivity index (χ1v) is 10.1. The predicted molar refractivity (Wildman–Crippen MR) is 103 cm³/mol. The van der Waals surface area contributed by atoms with Crippen molar-refractivity contribution < 1.29 is 9.26 Å². The van der Waals surface area contributed by atoms with Crippen LogP contribution in [0.4, 0.5) is 5.82 Å². The van der Waals surface area contributed by atoms with Gasteiger partial charge < -0.3 is 14.6 Å². The fourth-order valence-corrected chi connectivity index (χ4v) is 4.30. The van der Waals surface area contributed by atoms with Crippen LogP contribution >= 0.6 is 0 Å². The monoisotopic (exact) mass is 371 g/mol. The number of likely N-dealkylation sites (tertiary alicyclic amines) is 1. The van der Waals surface area contributed by atoms with Gasteiger partial charge in [0.25, 0.3) is 0 Å². The number of hydrogen-bond donors (Lipinski definition) is 1. The van der Waals surface area contributed by atoms with Crippen molar-refractivity contribution in [2.75, 3.05) is 32.1 Å². The lowest BCUT2D eigenvalue weighted by molar-refractivity contribution is 0.121. The Kier molecular flexibility index (Phi) is 5.99. The molecule has 7 heteroatoms. The molecule has 2 aromatic rings. The molecule has 1 aliphatic heterocycles. The van der Waals surface area contributed by atoms with Gasteiger partial charge in [-0.25, -0.2) is 4.98 Å². The molecule has 1 atom stereocenters. The van der Waals surface area contributed by atoms with Crippen molar-refractivity contribution in [2.24, 2.45) is 0 Å². The minimum absolute atomic E-state index is 0.275. The fraction of sp³-hybridized carbons (Fsp3) is 0.650. The average molecular weight is 371 g/mol. The molecule has 1 saturated carbocycles. The highest BCUT2D eigenvalue weighted by Gasteiger charge is 2.35. The summed E-state index contributed by atoms with van der Waals surface area (Å²) < 4.78 is 10.7. The highest BCUT2D eigenvalue weighted by molar-refractivity contribution is 5.55. The number of aromatic nitrogens is 3. The molecule has 1 aliphatic carbocycles. The molecule has 0 bridgehead atoms. The first-order chi connectivity index (χ1) is 13.3. The van der Waals surface area contributed by atoms with Gasteiger partial charge in [-0.3, -0.25) is 4.90 Å². The molecule has 2 aromatic heterocycles. The first-order valence-electron chi connectivity index (χ1n) is 10.1. The molecular formula is C20H29N5O2. The van der Waals surface area contributed by atoms with Gasteiger partial charge in [0.1, 0.15) is 5.82 Å². The zero-order chi connectivity index (χ0) is 18.5. The Bertz CT molecular complexity index is 711. The summed E-state index contributed by atoms with van der Waals surface area (Å²) in [4.78, 5) is 11.7. The van der Waals surface area contributed by atoms with Crippen LogP contribution in [0.25, 0.3) is 11.4 Å². The third-order valence-corrected chi connectivity index (χ3v) is 5.70. The molecule has 7 nitrogen and oxygen atoms in total. The molecular weight excluding hydrogens is 342 g/mol. The van der Waals surface area contributed by atoms with E-state index in [1.165, 1.54) is 38.5 Å². The van der Waals surface area contributed by atoms with E-state index in [-0.39, 0.29) is 6.04 Å². The number of nitrogens with zero attached hydrogens (tertiary/aromatic N) is 4. The van der Waals surface area contributed by atoms with Crippen molar-refractivity contribution in [1.82, 2.24) is 20.0 Å². The van der Waals surface area contributed by atoms with E-state index in [1.54, 1.807) is 13.3 Å². The molecule has 0 radical (unpaired) electrons. The summed E-state index contributed by atoms with van der Waals surface area (Å²) in [5.74, 6) is 2.20. The smallest absolute Gasteiger partial charge is 0.244 e. The summed E-state index contributed by atoms with van der Waals surface area (Å²) in [6, 6.07) is 4.87. The van der Waals surface area contributed by atoms with Crippen LogP contribution in [-0.4, -0.2) is 52.9 Å². The van der Waals surface area contributed by atoms with Crippen molar-refractivity contribution in [3.8, 4) is 11.4 Å². The van der Waals surface area contributed by atoms with Crippen molar-refractivity contribution in [1.29, 1.82) is 0 Å². The largest absolute Gasteiger partial charge is 0.383 e. The molecule has 1 saturated heterocycles. The maximum Gasteiger partial charge on any atom is 0.244 e. The van der Waals surface area contributed by atoms with Crippen LogP contribution in [0.2, 0.25) is 0 Å². The van der Waals surface area contributed by atoms with E-state index in [2.05, 4.69) is 20.4 Å². The molecule has 0 aromatic carbocycles. The quantitative estimate of drug-likeness (QED) is 0.744. The highest BCUT2D eigenvalue weighted by atomic mass is 16.5. The topological polar surface area (TPSA) is 76.3 Å². The Morgan fingerprint density at radius 3 is 2.85 bits per heavy atom. The van der Waals surface area contributed by atoms with E-state index >= 15 is 0 Å². The molecule has 3 heterocycles. The second kappa shape index (κ2) is 8.80. The number of methoxy groups -OCH3 is 1. The Hall–Kier alpha value is -1.99. The van der Waals surface area contributed by atoms with Gasteiger partial charge in [-0.2, -0.15) is 4.98 Å². The average Bonchev–Trinajstić information content (AvgIpc) is 3.39. The lowest BCUT2D eigenvalue weighted by Gasteiger charge is -2.34. The van der Waals surface area contributed by atoms with E-state index in [0.29, 0.717) is 18.5 Å². The maximum atomic E-state index is 5.67. The molecule has 0 spiro atoms. The zero-order valence-corrected chi connectivity index (χ0v) is 16.1. The number of ether oxygens (including phenoxy) is 1. The third kappa shape index (κ3) is 4.30. The fourth-order valence-electron chi connectivity index (χ4n) is 4.30. The number of rotatable bonds is 7. The summed E-state index contributed by atoms with van der Waals surface area (Å²) in [6.07, 6.45) is 10.8. The molecule has 2 fully saturated rings. The minimum atomic E-state index is 0.275. The van der Waals surface area contributed by atoms with Crippen molar-refractivity contribution in [3.63, 3.8) is 0 Å². The van der Waals surface area contributed by atoms with Crippen LogP contribution in [0.15, 0.2) is 22.9 Å². The number of anilines is 1. The molecule has 146 valence electrons. The van der Waals surface area contributed by atoms with Crippen LogP contribution in [-0.2, 0) is 4.74 Å². The number of pyridine rings is 1. The zero-order valence-electron chi connectivity index (χ0n) is 16.1. The van der Waals surface area contributed by atoms with E-state index < -0.39 is 0 Å². The summed E-state index contributed by atoms with van der Waals surface area (Å²) in [5, 5.41) is 7.43. The SMILES string of the molecule is COCCNc1ccc(-c2noc([C@H]3CCCN3C3CCCCC3)n2)cn1. The van der Waals surface area contributed by atoms with Crippen LogP contribution in [0.5, 0.6) is 0 Å². The van der Waals surface area contributed by atoms with E-state index in [1.807, 2.05) is 12.1 Å². The normalized spacial score (nSPS) is 21.6. The van der Waals surface area contributed by atoms with E-state index in [0.717, 1.165) is 36.8 Å².